The molecule has 10 atom stereocenters. The molecule has 3 aliphatic rings. The largest absolute Gasteiger partial charge is 0.481 e. The Morgan fingerprint density at radius 2 is 0.750 bits per heavy atom. The molecule has 2 aromatic carbocycles. The predicted octanol–water partition coefficient (Wildman–Crippen LogP) is 18.1. The Balaban J connectivity index is 0.000000493. The summed E-state index contributed by atoms with van der Waals surface area (Å²) in [5.74, 6) is -1.89. The number of carboxylic acids is 2. The number of benzene rings is 2. The number of aliphatic carboxylic acids is 2. The monoisotopic (exact) mass is 1500 g/mol. The molecule has 594 valence electrons. The Hall–Kier alpha value is -6.25. The van der Waals surface area contributed by atoms with Gasteiger partial charge in [0.15, 0.2) is 16.6 Å². The van der Waals surface area contributed by atoms with E-state index in [1.54, 1.807) is 13.8 Å². The molecule has 0 unspecified atom stereocenters. The number of ether oxygens (including phenoxy) is 6. The Kier molecular flexibility index (Phi) is 36.7. The van der Waals surface area contributed by atoms with Crippen LogP contribution < -0.4 is 21.3 Å². The molecule has 22 nitrogen and oxygen atoms in total. The lowest BCUT2D eigenvalue weighted by atomic mass is 9.93. The highest BCUT2D eigenvalue weighted by Gasteiger charge is 2.45. The van der Waals surface area contributed by atoms with Crippen LogP contribution in [0.15, 0.2) is 48.5 Å². The second-order valence-corrected chi connectivity index (χ2v) is 45.8. The average molecular weight is 1500 g/mol. The Morgan fingerprint density at radius 3 is 1.02 bits per heavy atom. The summed E-state index contributed by atoms with van der Waals surface area (Å²) < 4.78 is 45.6. The first-order valence-electron chi connectivity index (χ1n) is 37.7. The minimum Gasteiger partial charge on any atom is -0.481 e. The van der Waals surface area contributed by atoms with Crippen molar-refractivity contribution in [2.75, 3.05) is 6.61 Å². The third-order valence-corrected chi connectivity index (χ3v) is 27.8. The van der Waals surface area contributed by atoms with Crippen LogP contribution in [0.25, 0.3) is 11.1 Å². The maximum Gasteiger partial charge on any atom is 0.408 e. The smallest absolute Gasteiger partial charge is 0.408 e. The van der Waals surface area contributed by atoms with Gasteiger partial charge in [-0.3, -0.25) is 19.2 Å². The highest BCUT2D eigenvalue weighted by atomic mass is 28.4. The van der Waals surface area contributed by atoms with Crippen LogP contribution in [-0.2, 0) is 56.5 Å². The Labute approximate surface area is 626 Å². The van der Waals surface area contributed by atoms with Gasteiger partial charge in [-0.1, -0.05) is 159 Å². The van der Waals surface area contributed by atoms with Crippen LogP contribution in [0.1, 0.15) is 254 Å². The van der Waals surface area contributed by atoms with Crippen LogP contribution in [0.2, 0.25) is 36.3 Å². The molecule has 2 aromatic rings. The van der Waals surface area contributed by atoms with Crippen LogP contribution in [-0.4, -0.2) is 147 Å². The first-order valence-corrected chi connectivity index (χ1v) is 43.5. The molecule has 1 aliphatic carbocycles. The Bertz CT molecular complexity index is 2950. The van der Waals surface area contributed by atoms with Gasteiger partial charge in [0.1, 0.15) is 35.6 Å². The van der Waals surface area contributed by atoms with Crippen molar-refractivity contribution in [2.45, 2.75) is 345 Å². The van der Waals surface area contributed by atoms with E-state index in [1.807, 2.05) is 86.6 Å². The molecule has 24 heteroatoms. The topological polar surface area (TPSA) is 299 Å². The molecule has 2 fully saturated rings. The molecule has 2 aliphatic heterocycles. The van der Waals surface area contributed by atoms with Gasteiger partial charge in [0, 0.05) is 18.8 Å². The van der Waals surface area contributed by atoms with Gasteiger partial charge >= 0.3 is 48.3 Å². The summed E-state index contributed by atoms with van der Waals surface area (Å²) in [4.78, 5) is 94.9. The van der Waals surface area contributed by atoms with Gasteiger partial charge in [-0.15, -0.1) is 0 Å². The molecule has 6 N–H and O–H groups in total. The summed E-state index contributed by atoms with van der Waals surface area (Å²) in [5, 5.41) is 30.7. The second kappa shape index (κ2) is 40.6. The zero-order valence-electron chi connectivity index (χ0n) is 69.0. The highest BCUT2D eigenvalue weighted by molar-refractivity contribution is 6.74. The predicted molar refractivity (Wildman–Crippen MR) is 414 cm³/mol. The van der Waals surface area contributed by atoms with Crippen molar-refractivity contribution in [3.8, 4) is 11.1 Å². The number of hydrogen-bond acceptors (Lipinski definition) is 16. The van der Waals surface area contributed by atoms with Crippen molar-refractivity contribution in [2.24, 2.45) is 35.5 Å². The second-order valence-electron chi connectivity index (χ2n) is 36.3. The van der Waals surface area contributed by atoms with Gasteiger partial charge in [-0.25, -0.2) is 19.2 Å². The molecular formula is C80H138N4O18Si2. The van der Waals surface area contributed by atoms with E-state index >= 15 is 0 Å². The number of fused-ring (bicyclic) bond motifs is 3. The minimum atomic E-state index is -2.24. The molecule has 0 radical (unpaired) electrons. The van der Waals surface area contributed by atoms with E-state index in [9.17, 15) is 48.6 Å². The summed E-state index contributed by atoms with van der Waals surface area (Å²) in [6.07, 6.45) is 2.52. The highest BCUT2D eigenvalue weighted by Crippen LogP contribution is 2.45. The number of rotatable bonds is 28. The van der Waals surface area contributed by atoms with E-state index in [4.69, 9.17) is 37.3 Å². The molecular weight excluding hydrogens is 1360 g/mol. The first-order chi connectivity index (χ1) is 47.4. The number of cyclic esters (lactones) is 2. The van der Waals surface area contributed by atoms with Gasteiger partial charge < -0.3 is 68.8 Å². The van der Waals surface area contributed by atoms with Crippen LogP contribution in [0, 0.1) is 35.5 Å². The van der Waals surface area contributed by atoms with Crippen molar-refractivity contribution in [1.29, 1.82) is 0 Å². The van der Waals surface area contributed by atoms with Crippen molar-refractivity contribution in [3.63, 3.8) is 0 Å². The summed E-state index contributed by atoms with van der Waals surface area (Å²) in [5.41, 5.74) is 3.03. The summed E-state index contributed by atoms with van der Waals surface area (Å²) in [7, 11) is -4.40. The zero-order valence-corrected chi connectivity index (χ0v) is 71.0. The average Bonchev–Trinajstić information content (AvgIpc) is 1.61. The fraction of sp³-hybridized carbons (Fsp3) is 0.750. The number of carbonyl (C=O) groups excluding carboxylic acids is 6. The molecule has 0 saturated carbocycles. The quantitative estimate of drug-likeness (QED) is 0.0262. The van der Waals surface area contributed by atoms with Crippen LogP contribution in [0.4, 0.5) is 19.2 Å². The number of esters is 2. The molecule has 2 heterocycles. The maximum atomic E-state index is 13.2. The SMILES string of the molecule is CC(C)C[C@H](NC(=O)OC(C)(C)C)[C@@H]1CCC(=O)O1.CC(C)C[C@H](NC(=O)OC(C)(C)C)[C@@H]1CCC(=O)O1.CC(C)C[C@H](NC(=O)OC(C)(C)C)[C@H](C[C@@H](C)C(=O)O)O[Si](C)(C)C(C)(C)C.CC(C)C[C@H](NC(=O)OCC1c2ccccc2-c2ccccc21)[C@H](C[C@@H](C)C(=O)O)O[Si](C)(C)C(C)(C)C. The molecule has 2 saturated heterocycles. The number of nitrogens with one attached hydrogen (secondary N) is 4. The lowest BCUT2D eigenvalue weighted by Crippen LogP contribution is -2.53. The van der Waals surface area contributed by atoms with E-state index in [2.05, 4.69) is 169 Å². The van der Waals surface area contributed by atoms with Crippen molar-refractivity contribution >= 4 is 64.9 Å². The number of hydrogen-bond donors (Lipinski definition) is 6. The van der Waals surface area contributed by atoms with Crippen molar-refractivity contribution < 1.29 is 85.8 Å². The standard InChI is InChI=1S/C31H45NO5Si.C21H43NO5Si.2C14H25NO4/c1-20(2)17-27(28(18-21(3)29(33)34)37-38(7,8)31(4,5)6)32-30(35)36-19-26-24-15-11-9-13-22(24)23-14-10-12-16-25(23)26;1-14(2)12-16(22-19(25)26-20(4,5)6)17(13-15(3)18(23)24)27-28(10,11)21(7,8)9;2*1-9(2)8-10(11-6-7-12(16)18-11)15-13(17)19-14(3,4)5/h9-16,20-21,26-28H,17-19H2,1-8H3,(H,32,35)(H,33,34);14-17H,12-13H2,1-11H3,(H,22,25)(H,23,24);2*9-11H,6-8H2,1-5H3,(H,15,17)/t21-,27+,28+;15-,16+,17+;2*10-,11-/m1100/s1. The van der Waals surface area contributed by atoms with E-state index in [0.717, 1.165) is 24.0 Å². The van der Waals surface area contributed by atoms with Gasteiger partial charge in [-0.2, -0.15) is 0 Å². The maximum absolute atomic E-state index is 13.2. The van der Waals surface area contributed by atoms with Crippen LogP contribution in [0.3, 0.4) is 0 Å². The fourth-order valence-corrected chi connectivity index (χ4v) is 14.4. The molecule has 5 rings (SSSR count). The zero-order chi connectivity index (χ0) is 80.0. The number of carbonyl (C=O) groups is 8. The summed E-state index contributed by atoms with van der Waals surface area (Å²) >= 11 is 0. The number of alkyl carbamates (subject to hydrolysis) is 4. The molecule has 104 heavy (non-hydrogen) atoms. The normalized spacial score (nSPS) is 18.0. The third-order valence-electron chi connectivity index (χ3n) is 18.8. The van der Waals surface area contributed by atoms with E-state index < -0.39 is 87.7 Å². The van der Waals surface area contributed by atoms with Gasteiger partial charge in [0.05, 0.1) is 48.2 Å². The molecule has 0 aromatic heterocycles. The van der Waals surface area contributed by atoms with Gasteiger partial charge in [0.25, 0.3) is 0 Å². The third kappa shape index (κ3) is 34.5. The Morgan fingerprint density at radius 1 is 0.452 bits per heavy atom. The summed E-state index contributed by atoms with van der Waals surface area (Å²) in [6, 6.07) is 15.5. The van der Waals surface area contributed by atoms with E-state index in [1.165, 1.54) is 11.1 Å². The number of amides is 4. The van der Waals surface area contributed by atoms with E-state index in [-0.39, 0.29) is 82.9 Å². The van der Waals surface area contributed by atoms with Crippen molar-refractivity contribution in [3.05, 3.63) is 59.7 Å². The fourth-order valence-electron chi connectivity index (χ4n) is 11.7. The first kappa shape index (κ1) is 93.8. The number of carboxylic acid groups (broad SMARTS) is 2. The molecule has 0 bridgehead atoms. The van der Waals surface area contributed by atoms with Gasteiger partial charge in [-0.05, 0) is 196 Å². The van der Waals surface area contributed by atoms with Crippen LogP contribution >= 0.6 is 0 Å². The van der Waals surface area contributed by atoms with Gasteiger partial charge in [0.2, 0.25) is 0 Å². The lowest BCUT2D eigenvalue weighted by molar-refractivity contribution is -0.143. The minimum absolute atomic E-state index is 0.0218. The molecule has 4 amide bonds. The van der Waals surface area contributed by atoms with E-state index in [0.29, 0.717) is 69.1 Å². The molecule has 0 spiro atoms. The lowest BCUT2D eigenvalue weighted by Gasteiger charge is -2.42. The summed E-state index contributed by atoms with van der Waals surface area (Å²) in [6.45, 7) is 58.1. The van der Waals surface area contributed by atoms with Crippen molar-refractivity contribution in [1.82, 2.24) is 21.3 Å². The van der Waals surface area contributed by atoms with Crippen LogP contribution in [0.5, 0.6) is 0 Å².